The van der Waals surface area contributed by atoms with Crippen molar-refractivity contribution in [3.05, 3.63) is 46.1 Å². The zero-order chi connectivity index (χ0) is 22.6. The summed E-state index contributed by atoms with van der Waals surface area (Å²) in [5, 5.41) is 9.72. The molecule has 1 aromatic carbocycles. The van der Waals surface area contributed by atoms with Gasteiger partial charge in [0.25, 0.3) is 0 Å². The van der Waals surface area contributed by atoms with Gasteiger partial charge in [-0.3, -0.25) is 4.79 Å². The van der Waals surface area contributed by atoms with Gasteiger partial charge < -0.3 is 21.3 Å². The lowest BCUT2D eigenvalue weighted by Crippen LogP contribution is -2.49. The summed E-state index contributed by atoms with van der Waals surface area (Å²) >= 11 is 5.69. The van der Waals surface area contributed by atoms with Gasteiger partial charge in [-0.25, -0.2) is 13.8 Å². The smallest absolute Gasteiger partial charge is 0.424 e. The number of pyridine rings is 1. The lowest BCUT2D eigenvalue weighted by atomic mass is 9.81. The second kappa shape index (κ2) is 7.03. The van der Waals surface area contributed by atoms with Crippen LogP contribution in [-0.2, 0) is 15.8 Å². The third kappa shape index (κ3) is 3.17. The van der Waals surface area contributed by atoms with Gasteiger partial charge in [0.05, 0.1) is 10.7 Å². The Labute approximate surface area is 171 Å². The zero-order valence-electron chi connectivity index (χ0n) is 15.3. The lowest BCUT2D eigenvalue weighted by Gasteiger charge is -2.30. The van der Waals surface area contributed by atoms with Crippen LogP contribution < -0.4 is 16.2 Å². The average Bonchev–Trinajstić information content (AvgIpc) is 3.01. The van der Waals surface area contributed by atoms with E-state index in [4.69, 9.17) is 27.8 Å². The van der Waals surface area contributed by atoms with Crippen molar-refractivity contribution in [2.45, 2.75) is 24.1 Å². The van der Waals surface area contributed by atoms with Crippen molar-refractivity contribution in [3.63, 3.8) is 0 Å². The van der Waals surface area contributed by atoms with Crippen molar-refractivity contribution >= 4 is 17.5 Å². The Hall–Kier alpha value is -2.50. The van der Waals surface area contributed by atoms with Crippen LogP contribution in [0, 0.1) is 11.6 Å². The molecule has 0 radical (unpaired) electrons. The summed E-state index contributed by atoms with van der Waals surface area (Å²) in [6.07, 6.45) is -5.26. The molecule has 0 fully saturated rings. The molecule has 3 rings (SSSR count). The van der Waals surface area contributed by atoms with Crippen LogP contribution in [0.2, 0.25) is 5.02 Å². The van der Waals surface area contributed by atoms with Gasteiger partial charge in [-0.05, 0) is 19.1 Å². The van der Waals surface area contributed by atoms with E-state index in [0.717, 1.165) is 12.1 Å². The Morgan fingerprint density at radius 1 is 1.30 bits per heavy atom. The van der Waals surface area contributed by atoms with Crippen LogP contribution in [0.4, 0.5) is 22.0 Å². The third-order valence-electron chi connectivity index (χ3n) is 5.07. The molecule has 30 heavy (non-hydrogen) atoms. The van der Waals surface area contributed by atoms with E-state index < -0.39 is 63.3 Å². The van der Waals surface area contributed by atoms with Gasteiger partial charge in [0.2, 0.25) is 11.5 Å². The van der Waals surface area contributed by atoms with E-state index in [9.17, 15) is 31.9 Å². The fourth-order valence-electron chi connectivity index (χ4n) is 3.05. The first-order valence-electron chi connectivity index (χ1n) is 8.39. The first kappa shape index (κ1) is 22.2. The van der Waals surface area contributed by atoms with Crippen molar-refractivity contribution in [3.8, 4) is 17.0 Å². The number of primary amides is 1. The molecule has 1 aliphatic heterocycles. The predicted molar refractivity (Wildman–Crippen MR) is 95.6 cm³/mol. The molecule has 2 atom stereocenters. The Kier molecular flexibility index (Phi) is 5.20. The largest absolute Gasteiger partial charge is 0.489 e. The van der Waals surface area contributed by atoms with Gasteiger partial charge in [-0.2, -0.15) is 13.2 Å². The van der Waals surface area contributed by atoms with Crippen LogP contribution >= 0.6 is 11.6 Å². The first-order chi connectivity index (χ1) is 13.8. The van der Waals surface area contributed by atoms with Crippen molar-refractivity contribution in [2.24, 2.45) is 11.5 Å². The van der Waals surface area contributed by atoms with Crippen LogP contribution in [0.1, 0.15) is 18.2 Å². The number of fused-ring (bicyclic) bond motifs is 1. The van der Waals surface area contributed by atoms with Crippen molar-refractivity contribution in [2.75, 3.05) is 13.2 Å². The number of ether oxygens (including phenoxy) is 1. The highest BCUT2D eigenvalue weighted by Gasteiger charge is 2.56. The highest BCUT2D eigenvalue weighted by atomic mass is 35.5. The molecule has 1 amide bonds. The molecule has 0 aliphatic carbocycles. The number of benzene rings is 1. The number of aromatic nitrogens is 1. The number of carbonyl (C=O) groups excluding carboxylic acids is 1. The molecule has 12 heteroatoms. The second-order valence-corrected chi connectivity index (χ2v) is 7.43. The van der Waals surface area contributed by atoms with Crippen LogP contribution in [0.3, 0.4) is 0 Å². The minimum atomic E-state index is -5.26. The highest BCUT2D eigenvalue weighted by Crippen LogP contribution is 2.48. The molecule has 2 aromatic rings. The van der Waals surface area contributed by atoms with Gasteiger partial charge in [0, 0.05) is 23.7 Å². The van der Waals surface area contributed by atoms with E-state index in [2.05, 4.69) is 4.98 Å². The molecule has 2 heterocycles. The zero-order valence-corrected chi connectivity index (χ0v) is 16.0. The third-order valence-corrected chi connectivity index (χ3v) is 5.36. The maximum atomic E-state index is 14.5. The van der Waals surface area contributed by atoms with Gasteiger partial charge >= 0.3 is 6.18 Å². The molecule has 0 unspecified atom stereocenters. The molecule has 162 valence electrons. The monoisotopic (exact) mass is 451 g/mol. The van der Waals surface area contributed by atoms with E-state index >= 15 is 0 Å². The molecule has 1 aliphatic rings. The Morgan fingerprint density at radius 2 is 1.93 bits per heavy atom. The molecule has 6 nitrogen and oxygen atoms in total. The highest BCUT2D eigenvalue weighted by molar-refractivity contribution is 6.31. The van der Waals surface area contributed by atoms with E-state index in [0.29, 0.717) is 6.07 Å². The molecule has 5 N–H and O–H groups in total. The van der Waals surface area contributed by atoms with Gasteiger partial charge in [0.1, 0.15) is 35.1 Å². The van der Waals surface area contributed by atoms with Crippen molar-refractivity contribution in [1.29, 1.82) is 0 Å². The quantitative estimate of drug-likeness (QED) is 0.488. The summed E-state index contributed by atoms with van der Waals surface area (Å²) in [7, 11) is 0. The Balaban J connectivity index is 2.41. The van der Waals surface area contributed by atoms with Crippen LogP contribution in [-0.4, -0.2) is 35.3 Å². The number of amides is 1. The Morgan fingerprint density at radius 3 is 2.47 bits per heavy atom. The molecule has 0 saturated heterocycles. The SMILES string of the molecule is C[C@]1(C(N)=O)COc2c1cc([C@@](O)(CN)C(F)(F)F)nc2-c1cc(Cl)c(F)cc1F. The Bertz CT molecular complexity index is 1050. The summed E-state index contributed by atoms with van der Waals surface area (Å²) in [5.41, 5.74) is 3.14. The molecule has 1 aromatic heterocycles. The van der Waals surface area contributed by atoms with Gasteiger partial charge in [-0.1, -0.05) is 11.6 Å². The number of hydrogen-bond donors (Lipinski definition) is 3. The fourth-order valence-corrected chi connectivity index (χ4v) is 3.22. The fraction of sp³-hybridized carbons (Fsp3) is 0.333. The maximum absolute atomic E-state index is 14.5. The van der Waals surface area contributed by atoms with Gasteiger partial charge in [-0.15, -0.1) is 0 Å². The number of halogens is 6. The second-order valence-electron chi connectivity index (χ2n) is 7.03. The van der Waals surface area contributed by atoms with Crippen LogP contribution in [0.25, 0.3) is 11.3 Å². The van der Waals surface area contributed by atoms with E-state index in [1.165, 1.54) is 6.92 Å². The minimum absolute atomic E-state index is 0.161. The summed E-state index contributed by atoms with van der Waals surface area (Å²) in [5.74, 6) is -3.50. The lowest BCUT2D eigenvalue weighted by molar-refractivity contribution is -0.263. The number of alkyl halides is 3. The molecule has 0 bridgehead atoms. The van der Waals surface area contributed by atoms with E-state index in [1.54, 1.807) is 0 Å². The number of aliphatic hydroxyl groups is 1. The number of rotatable bonds is 4. The van der Waals surface area contributed by atoms with Crippen molar-refractivity contribution < 1.29 is 36.6 Å². The standard InChI is InChI=1S/C18H15ClF5N3O3/c1-16(15(26)28)6-30-14-8(16)3-12(17(29,5-25)18(22,23)24)27-13(14)7-2-9(19)11(21)4-10(7)20/h2-4,29H,5-6,25H2,1H3,(H2,26,28)/t16-,17-/m0/s1. The molecular formula is C18H15ClF5N3O3. The average molecular weight is 452 g/mol. The van der Waals surface area contributed by atoms with E-state index in [-0.39, 0.29) is 17.9 Å². The number of carbonyl (C=O) groups is 1. The minimum Gasteiger partial charge on any atom is -0.489 e. The topological polar surface area (TPSA) is 111 Å². The van der Waals surface area contributed by atoms with Gasteiger partial charge in [0.15, 0.2) is 0 Å². The first-order valence-corrected chi connectivity index (χ1v) is 8.77. The van der Waals surface area contributed by atoms with Crippen LogP contribution in [0.5, 0.6) is 5.75 Å². The van der Waals surface area contributed by atoms with Crippen LogP contribution in [0.15, 0.2) is 18.2 Å². The number of nitrogens with zero attached hydrogens (tertiary/aromatic N) is 1. The predicted octanol–water partition coefficient (Wildman–Crippen LogP) is 2.52. The molecular weight excluding hydrogens is 437 g/mol. The van der Waals surface area contributed by atoms with Crippen molar-refractivity contribution in [1.82, 2.24) is 4.98 Å². The molecule has 0 saturated carbocycles. The maximum Gasteiger partial charge on any atom is 0.424 e. The summed E-state index contributed by atoms with van der Waals surface area (Å²) in [6.45, 7) is -0.389. The molecule has 0 spiro atoms. The summed E-state index contributed by atoms with van der Waals surface area (Å²) in [4.78, 5) is 15.7. The summed E-state index contributed by atoms with van der Waals surface area (Å²) < 4.78 is 74.2. The number of hydrogen-bond acceptors (Lipinski definition) is 5. The number of nitrogens with two attached hydrogens (primary N) is 2. The normalized spacial score (nSPS) is 20.4. The summed E-state index contributed by atoms with van der Waals surface area (Å²) in [6, 6.07) is 2.01. The van der Waals surface area contributed by atoms with E-state index in [1.807, 2.05) is 0 Å².